The number of hydrogen-bond donors (Lipinski definition) is 1. The highest BCUT2D eigenvalue weighted by atomic mass is 32.2. The molecular formula is C14H18F2N2S. The molecule has 0 spiro atoms. The Labute approximate surface area is 116 Å². The fraction of sp³-hybridized carbons (Fsp3) is 0.500. The van der Waals surface area contributed by atoms with E-state index in [4.69, 9.17) is 0 Å². The minimum Gasteiger partial charge on any atom is -0.330 e. The Morgan fingerprint density at radius 1 is 1.26 bits per heavy atom. The van der Waals surface area contributed by atoms with Crippen LogP contribution in [-0.2, 0) is 0 Å². The van der Waals surface area contributed by atoms with Gasteiger partial charge in [0.05, 0.1) is 6.04 Å². The summed E-state index contributed by atoms with van der Waals surface area (Å²) in [6.07, 6.45) is 0.985. The number of aliphatic imine (C=N–C) groups is 1. The van der Waals surface area contributed by atoms with Crippen LogP contribution < -0.4 is 5.32 Å². The van der Waals surface area contributed by atoms with Gasteiger partial charge in [-0.15, -0.1) is 0 Å². The van der Waals surface area contributed by atoms with E-state index in [0.717, 1.165) is 12.2 Å². The average Bonchev–Trinajstić information content (AvgIpc) is 2.33. The van der Waals surface area contributed by atoms with E-state index in [1.165, 1.54) is 30.0 Å². The summed E-state index contributed by atoms with van der Waals surface area (Å²) in [5, 5.41) is 3.38. The summed E-state index contributed by atoms with van der Waals surface area (Å²) in [4.78, 5) is 4.57. The molecule has 0 saturated carbocycles. The second-order valence-electron chi connectivity index (χ2n) is 5.67. The molecular weight excluding hydrogens is 266 g/mol. The minimum absolute atomic E-state index is 0.0572. The molecule has 5 heteroatoms. The third-order valence-corrected chi connectivity index (χ3v) is 4.02. The quantitative estimate of drug-likeness (QED) is 0.832. The van der Waals surface area contributed by atoms with E-state index >= 15 is 0 Å². The lowest BCUT2D eigenvalue weighted by Gasteiger charge is -2.31. The van der Waals surface area contributed by atoms with Crippen molar-refractivity contribution in [1.82, 2.24) is 0 Å². The van der Waals surface area contributed by atoms with Crippen LogP contribution in [0.25, 0.3) is 0 Å². The molecule has 104 valence electrons. The molecule has 1 atom stereocenters. The van der Waals surface area contributed by atoms with Gasteiger partial charge in [0.2, 0.25) is 0 Å². The lowest BCUT2D eigenvalue weighted by molar-refractivity contribution is 0.316. The number of hydrogen-bond acceptors (Lipinski definition) is 3. The minimum atomic E-state index is -0.596. The summed E-state index contributed by atoms with van der Waals surface area (Å²) >= 11 is 1.50. The fourth-order valence-electron chi connectivity index (χ4n) is 1.93. The van der Waals surface area contributed by atoms with Crippen molar-refractivity contribution in [1.29, 1.82) is 0 Å². The number of anilines is 1. The summed E-state index contributed by atoms with van der Waals surface area (Å²) in [6, 6.07) is 4.00. The van der Waals surface area contributed by atoms with Gasteiger partial charge in [0.25, 0.3) is 0 Å². The topological polar surface area (TPSA) is 24.4 Å². The number of rotatable bonds is 1. The maximum atomic E-state index is 13.6. The predicted octanol–water partition coefficient (Wildman–Crippen LogP) is 4.28. The average molecular weight is 284 g/mol. The molecule has 0 amide bonds. The van der Waals surface area contributed by atoms with Crippen LogP contribution in [0.15, 0.2) is 23.2 Å². The molecule has 1 unspecified atom stereocenters. The van der Waals surface area contributed by atoms with Crippen molar-refractivity contribution < 1.29 is 8.78 Å². The molecule has 0 aromatic heterocycles. The standard InChI is InChI=1S/C14H18F2N2S/c1-14(2,3)11-7-8-19-13(17-11)18-12-9(15)5-4-6-10(12)16/h4-6,11H,7-8H2,1-3H3,(H,17,18). The van der Waals surface area contributed by atoms with Gasteiger partial charge in [-0.2, -0.15) is 0 Å². The Morgan fingerprint density at radius 3 is 2.47 bits per heavy atom. The molecule has 0 aliphatic carbocycles. The van der Waals surface area contributed by atoms with Gasteiger partial charge in [0.15, 0.2) is 5.17 Å². The Bertz CT molecular complexity index is 474. The van der Waals surface area contributed by atoms with E-state index in [1.807, 2.05) is 0 Å². The number of thioether (sulfide) groups is 1. The maximum Gasteiger partial charge on any atom is 0.161 e. The summed E-state index contributed by atoms with van der Waals surface area (Å²) in [5.41, 5.74) is -0.0647. The van der Waals surface area contributed by atoms with Crippen molar-refractivity contribution in [3.8, 4) is 0 Å². The summed E-state index contributed by atoms with van der Waals surface area (Å²) in [5.74, 6) is -0.286. The van der Waals surface area contributed by atoms with Gasteiger partial charge in [-0.05, 0) is 24.0 Å². The molecule has 1 heterocycles. The van der Waals surface area contributed by atoms with E-state index in [2.05, 4.69) is 31.1 Å². The van der Waals surface area contributed by atoms with Crippen molar-refractivity contribution in [3.63, 3.8) is 0 Å². The van der Waals surface area contributed by atoms with Crippen molar-refractivity contribution in [2.24, 2.45) is 10.4 Å². The highest BCUT2D eigenvalue weighted by Gasteiger charge is 2.27. The van der Waals surface area contributed by atoms with Crippen LogP contribution in [0.4, 0.5) is 14.5 Å². The molecule has 1 aromatic rings. The Morgan fingerprint density at radius 2 is 1.89 bits per heavy atom. The van der Waals surface area contributed by atoms with Crippen LogP contribution in [-0.4, -0.2) is 17.0 Å². The largest absolute Gasteiger partial charge is 0.330 e. The monoisotopic (exact) mass is 284 g/mol. The van der Waals surface area contributed by atoms with Crippen LogP contribution in [0.5, 0.6) is 0 Å². The first-order valence-corrected chi connectivity index (χ1v) is 7.28. The zero-order chi connectivity index (χ0) is 14.0. The van der Waals surface area contributed by atoms with E-state index < -0.39 is 11.6 Å². The SMILES string of the molecule is CC(C)(C)C1CCSC(Nc2c(F)cccc2F)=N1. The van der Waals surface area contributed by atoms with Crippen molar-refractivity contribution in [3.05, 3.63) is 29.8 Å². The van der Waals surface area contributed by atoms with E-state index in [1.54, 1.807) is 0 Å². The molecule has 0 saturated heterocycles. The van der Waals surface area contributed by atoms with Gasteiger partial charge in [0, 0.05) is 5.75 Å². The molecule has 0 radical (unpaired) electrons. The van der Waals surface area contributed by atoms with Gasteiger partial charge in [-0.1, -0.05) is 38.6 Å². The summed E-state index contributed by atoms with van der Waals surface area (Å²) in [7, 11) is 0. The van der Waals surface area contributed by atoms with E-state index in [9.17, 15) is 8.78 Å². The smallest absolute Gasteiger partial charge is 0.161 e. The molecule has 0 bridgehead atoms. The second kappa shape index (κ2) is 5.49. The molecule has 0 fully saturated rings. The summed E-state index contributed by atoms with van der Waals surface area (Å²) in [6.45, 7) is 6.37. The number of benzene rings is 1. The van der Waals surface area contributed by atoms with Gasteiger partial charge >= 0.3 is 0 Å². The van der Waals surface area contributed by atoms with Crippen LogP contribution in [0.3, 0.4) is 0 Å². The first-order chi connectivity index (χ1) is 8.88. The number of halogens is 2. The summed E-state index contributed by atoms with van der Waals surface area (Å²) < 4.78 is 27.1. The van der Waals surface area contributed by atoms with Gasteiger partial charge in [0.1, 0.15) is 17.3 Å². The fourth-order valence-corrected chi connectivity index (χ4v) is 2.84. The zero-order valence-electron chi connectivity index (χ0n) is 11.3. The molecule has 1 aliphatic heterocycles. The Balaban J connectivity index is 2.21. The molecule has 1 aliphatic rings. The van der Waals surface area contributed by atoms with Crippen molar-refractivity contribution in [2.75, 3.05) is 11.1 Å². The highest BCUT2D eigenvalue weighted by Crippen LogP contribution is 2.31. The lowest BCUT2D eigenvalue weighted by atomic mass is 9.85. The third-order valence-electron chi connectivity index (χ3n) is 3.10. The Kier molecular flexibility index (Phi) is 4.13. The van der Waals surface area contributed by atoms with E-state index in [-0.39, 0.29) is 17.1 Å². The number of nitrogens with zero attached hydrogens (tertiary/aromatic N) is 1. The second-order valence-corrected chi connectivity index (χ2v) is 6.76. The lowest BCUT2D eigenvalue weighted by Crippen LogP contribution is -2.30. The Hall–Kier alpha value is -1.10. The van der Waals surface area contributed by atoms with Crippen LogP contribution in [0, 0.1) is 17.0 Å². The molecule has 2 rings (SSSR count). The molecule has 19 heavy (non-hydrogen) atoms. The van der Waals surface area contributed by atoms with Crippen molar-refractivity contribution in [2.45, 2.75) is 33.2 Å². The van der Waals surface area contributed by atoms with Gasteiger partial charge in [-0.3, -0.25) is 4.99 Å². The van der Waals surface area contributed by atoms with Gasteiger partial charge in [-0.25, -0.2) is 8.78 Å². The number of nitrogens with one attached hydrogen (secondary N) is 1. The third kappa shape index (κ3) is 3.47. The zero-order valence-corrected chi connectivity index (χ0v) is 12.2. The van der Waals surface area contributed by atoms with Gasteiger partial charge < -0.3 is 5.32 Å². The molecule has 1 N–H and O–H groups in total. The first kappa shape index (κ1) is 14.3. The van der Waals surface area contributed by atoms with Crippen molar-refractivity contribution >= 4 is 22.6 Å². The van der Waals surface area contributed by atoms with E-state index in [0.29, 0.717) is 5.17 Å². The molecule has 1 aromatic carbocycles. The van der Waals surface area contributed by atoms with Crippen LogP contribution >= 0.6 is 11.8 Å². The highest BCUT2D eigenvalue weighted by molar-refractivity contribution is 8.14. The normalized spacial score (nSPS) is 20.1. The number of para-hydroxylation sites is 1. The first-order valence-electron chi connectivity index (χ1n) is 6.29. The van der Waals surface area contributed by atoms with Crippen LogP contribution in [0.1, 0.15) is 27.2 Å². The predicted molar refractivity (Wildman–Crippen MR) is 77.7 cm³/mol. The number of amidine groups is 1. The maximum absolute atomic E-state index is 13.6. The molecule has 2 nitrogen and oxygen atoms in total. The van der Waals surface area contributed by atoms with Crippen LogP contribution in [0.2, 0.25) is 0 Å².